The highest BCUT2D eigenvalue weighted by atomic mass is 35.5. The van der Waals surface area contributed by atoms with E-state index in [4.69, 9.17) is 23.8 Å². The monoisotopic (exact) mass is 331 g/mol. The van der Waals surface area contributed by atoms with Crippen molar-refractivity contribution in [3.63, 3.8) is 0 Å². The lowest BCUT2D eigenvalue weighted by Crippen LogP contribution is -2.13. The number of nitrogens with one attached hydrogen (secondary N) is 3. The molecule has 0 fully saturated rings. The Hall–Kier alpha value is -2.51. The highest BCUT2D eigenvalue weighted by Crippen LogP contribution is 2.24. The molecule has 1 aromatic carbocycles. The minimum Gasteiger partial charge on any atom is -0.352 e. The van der Waals surface area contributed by atoms with Gasteiger partial charge in [0.05, 0.1) is 10.6 Å². The normalized spacial score (nSPS) is 10.4. The first kappa shape index (κ1) is 14.4. The molecule has 0 aliphatic heterocycles. The van der Waals surface area contributed by atoms with Gasteiger partial charge < -0.3 is 4.98 Å². The van der Waals surface area contributed by atoms with Crippen LogP contribution in [0, 0.1) is 4.64 Å². The molecule has 0 saturated heterocycles. The highest BCUT2D eigenvalue weighted by Gasteiger charge is 2.13. The van der Waals surface area contributed by atoms with Gasteiger partial charge in [-0.15, -0.1) is 5.10 Å². The first-order chi connectivity index (χ1) is 10.6. The molecule has 0 spiro atoms. The summed E-state index contributed by atoms with van der Waals surface area (Å²) in [5, 5.41) is 9.83. The van der Waals surface area contributed by atoms with Crippen molar-refractivity contribution in [1.82, 2.24) is 20.2 Å². The molecule has 0 unspecified atom stereocenters. The second-order valence-corrected chi connectivity index (χ2v) is 5.17. The summed E-state index contributed by atoms with van der Waals surface area (Å²) in [4.78, 5) is 19.1. The molecule has 0 aliphatic carbocycles. The van der Waals surface area contributed by atoms with Crippen molar-refractivity contribution in [2.45, 2.75) is 0 Å². The van der Waals surface area contributed by atoms with Gasteiger partial charge in [0.15, 0.2) is 5.82 Å². The predicted octanol–water partition coefficient (Wildman–Crippen LogP) is 3.43. The predicted molar refractivity (Wildman–Crippen MR) is 86.4 cm³/mol. The third kappa shape index (κ3) is 2.90. The van der Waals surface area contributed by atoms with Crippen LogP contribution in [0.5, 0.6) is 0 Å². The Balaban J connectivity index is 1.84. The Morgan fingerprint density at radius 2 is 2.05 bits per heavy atom. The summed E-state index contributed by atoms with van der Waals surface area (Å²) in [6.45, 7) is 0. The van der Waals surface area contributed by atoms with Crippen LogP contribution in [0.4, 0.5) is 5.95 Å². The van der Waals surface area contributed by atoms with Crippen LogP contribution >= 0.6 is 23.8 Å². The SMILES string of the molecule is O=C(Nc1n[nH]c(-c2ccccc2Cl)n1)c1ccc[nH]c1=S. The number of amides is 1. The number of hydrogen-bond donors (Lipinski definition) is 3. The van der Waals surface area contributed by atoms with Crippen molar-refractivity contribution in [3.05, 3.63) is 57.8 Å². The third-order valence-corrected chi connectivity index (χ3v) is 3.57. The number of aromatic nitrogens is 4. The molecule has 3 aromatic rings. The van der Waals surface area contributed by atoms with E-state index in [1.165, 1.54) is 0 Å². The zero-order valence-corrected chi connectivity index (χ0v) is 12.7. The molecule has 6 nitrogen and oxygen atoms in total. The number of nitrogens with zero attached hydrogens (tertiary/aromatic N) is 2. The average Bonchev–Trinajstić information content (AvgIpc) is 2.96. The molecular formula is C14H10ClN5OS. The molecule has 3 rings (SSSR count). The van der Waals surface area contributed by atoms with E-state index in [9.17, 15) is 4.79 Å². The van der Waals surface area contributed by atoms with Crippen LogP contribution < -0.4 is 5.32 Å². The highest BCUT2D eigenvalue weighted by molar-refractivity contribution is 7.71. The molecule has 1 amide bonds. The third-order valence-electron chi connectivity index (χ3n) is 2.90. The maximum absolute atomic E-state index is 12.1. The lowest BCUT2D eigenvalue weighted by atomic mass is 10.2. The van der Waals surface area contributed by atoms with Crippen LogP contribution in [0.2, 0.25) is 5.02 Å². The smallest absolute Gasteiger partial charge is 0.261 e. The van der Waals surface area contributed by atoms with Gasteiger partial charge in [-0.1, -0.05) is 36.0 Å². The Kier molecular flexibility index (Phi) is 3.99. The second-order valence-electron chi connectivity index (χ2n) is 4.35. The van der Waals surface area contributed by atoms with Crippen LogP contribution in [0.3, 0.4) is 0 Å². The number of carbonyl (C=O) groups is 1. The number of aromatic amines is 2. The maximum Gasteiger partial charge on any atom is 0.261 e. The van der Waals surface area contributed by atoms with Gasteiger partial charge in [0.25, 0.3) is 5.91 Å². The second kappa shape index (κ2) is 6.08. The number of carbonyl (C=O) groups excluding carboxylic acids is 1. The molecule has 2 aromatic heterocycles. The molecule has 0 saturated carbocycles. The van der Waals surface area contributed by atoms with Crippen molar-refractivity contribution in [2.24, 2.45) is 0 Å². The van der Waals surface area contributed by atoms with E-state index in [0.29, 0.717) is 26.6 Å². The quantitative estimate of drug-likeness (QED) is 0.642. The van der Waals surface area contributed by atoms with E-state index in [1.54, 1.807) is 24.4 Å². The van der Waals surface area contributed by atoms with Gasteiger partial charge in [-0.25, -0.2) is 0 Å². The molecule has 0 atom stereocenters. The van der Waals surface area contributed by atoms with E-state index in [-0.39, 0.29) is 11.9 Å². The fourth-order valence-electron chi connectivity index (χ4n) is 1.86. The van der Waals surface area contributed by atoms with Crippen molar-refractivity contribution >= 4 is 35.7 Å². The summed E-state index contributed by atoms with van der Waals surface area (Å²) >= 11 is 11.2. The lowest BCUT2D eigenvalue weighted by Gasteiger charge is -2.00. The maximum atomic E-state index is 12.1. The van der Waals surface area contributed by atoms with Gasteiger partial charge in [0, 0.05) is 11.8 Å². The molecule has 3 N–H and O–H groups in total. The molecule has 0 radical (unpaired) electrons. The summed E-state index contributed by atoms with van der Waals surface area (Å²) in [7, 11) is 0. The Bertz CT molecular complexity index is 888. The fraction of sp³-hybridized carbons (Fsp3) is 0. The number of halogens is 1. The average molecular weight is 332 g/mol. The van der Waals surface area contributed by atoms with Crippen LogP contribution in [0.15, 0.2) is 42.6 Å². The van der Waals surface area contributed by atoms with E-state index >= 15 is 0 Å². The van der Waals surface area contributed by atoms with Crippen molar-refractivity contribution in [2.75, 3.05) is 5.32 Å². The van der Waals surface area contributed by atoms with Gasteiger partial charge >= 0.3 is 0 Å². The zero-order chi connectivity index (χ0) is 15.5. The largest absolute Gasteiger partial charge is 0.352 e. The minimum atomic E-state index is -0.383. The molecule has 0 aliphatic rings. The number of pyridine rings is 1. The number of hydrogen-bond acceptors (Lipinski definition) is 4. The van der Waals surface area contributed by atoms with Gasteiger partial charge in [0.2, 0.25) is 5.95 Å². The molecule has 2 heterocycles. The summed E-state index contributed by atoms with van der Waals surface area (Å²) in [6.07, 6.45) is 1.65. The van der Waals surface area contributed by atoms with Gasteiger partial charge in [-0.2, -0.15) is 4.98 Å². The first-order valence-corrected chi connectivity index (χ1v) is 7.10. The zero-order valence-electron chi connectivity index (χ0n) is 11.1. The summed E-state index contributed by atoms with van der Waals surface area (Å²) in [5.74, 6) is 0.240. The van der Waals surface area contributed by atoms with Crippen molar-refractivity contribution in [1.29, 1.82) is 0 Å². The van der Waals surface area contributed by atoms with Gasteiger partial charge in [0.1, 0.15) is 4.64 Å². The summed E-state index contributed by atoms with van der Waals surface area (Å²) in [5.41, 5.74) is 1.05. The minimum absolute atomic E-state index is 0.151. The van der Waals surface area contributed by atoms with E-state index in [1.807, 2.05) is 18.2 Å². The summed E-state index contributed by atoms with van der Waals surface area (Å²) in [6, 6.07) is 10.5. The standard InChI is InChI=1S/C14H10ClN5OS/c15-10-6-2-1-4-8(10)11-17-14(20-19-11)18-12(21)9-5-3-7-16-13(9)22/h1-7H,(H,16,22)(H2,17,18,19,20,21). The van der Waals surface area contributed by atoms with Crippen molar-refractivity contribution < 1.29 is 4.79 Å². The molecule has 22 heavy (non-hydrogen) atoms. The van der Waals surface area contributed by atoms with Crippen molar-refractivity contribution in [3.8, 4) is 11.4 Å². The van der Waals surface area contributed by atoms with Crippen LogP contribution in [-0.2, 0) is 0 Å². The topological polar surface area (TPSA) is 86.5 Å². The van der Waals surface area contributed by atoms with E-state index < -0.39 is 0 Å². The van der Waals surface area contributed by atoms with Crippen LogP contribution in [0.1, 0.15) is 10.4 Å². The number of H-pyrrole nitrogens is 2. The van der Waals surface area contributed by atoms with E-state index in [0.717, 1.165) is 0 Å². The molecule has 0 bridgehead atoms. The number of rotatable bonds is 3. The number of benzene rings is 1. The Morgan fingerprint density at radius 3 is 2.82 bits per heavy atom. The number of anilines is 1. The van der Waals surface area contributed by atoms with E-state index in [2.05, 4.69) is 25.5 Å². The lowest BCUT2D eigenvalue weighted by molar-refractivity contribution is 0.102. The van der Waals surface area contributed by atoms with Crippen LogP contribution in [-0.4, -0.2) is 26.1 Å². The Labute approximate surface area is 135 Å². The molecule has 8 heteroatoms. The molecule has 110 valence electrons. The van der Waals surface area contributed by atoms with Gasteiger partial charge in [-0.05, 0) is 24.3 Å². The molecular weight excluding hydrogens is 322 g/mol. The van der Waals surface area contributed by atoms with Gasteiger partial charge in [-0.3, -0.25) is 15.2 Å². The summed E-state index contributed by atoms with van der Waals surface area (Å²) < 4.78 is 0.349. The first-order valence-electron chi connectivity index (χ1n) is 6.31. The fourth-order valence-corrected chi connectivity index (χ4v) is 2.31. The van der Waals surface area contributed by atoms with Crippen LogP contribution in [0.25, 0.3) is 11.4 Å². The Morgan fingerprint density at radius 1 is 1.23 bits per heavy atom.